The molecule has 3 heterocycles. The second-order valence-corrected chi connectivity index (χ2v) is 5.29. The molecule has 0 atom stereocenters. The predicted octanol–water partition coefficient (Wildman–Crippen LogP) is 1.13. The summed E-state index contributed by atoms with van der Waals surface area (Å²) in [6.07, 6.45) is 1.66. The number of halogens is 1. The van der Waals surface area contributed by atoms with E-state index in [9.17, 15) is 4.39 Å². The van der Waals surface area contributed by atoms with E-state index >= 15 is 0 Å². The van der Waals surface area contributed by atoms with Gasteiger partial charge in [0, 0.05) is 32.2 Å². The van der Waals surface area contributed by atoms with Crippen molar-refractivity contribution in [3.05, 3.63) is 29.8 Å². The Morgan fingerprint density at radius 3 is 2.86 bits per heavy atom. The molecule has 0 unspecified atom stereocenters. The van der Waals surface area contributed by atoms with Crippen LogP contribution in [-0.4, -0.2) is 45.8 Å². The van der Waals surface area contributed by atoms with Gasteiger partial charge in [-0.15, -0.1) is 10.2 Å². The molecular weight excluding hydrogens is 271 g/mol. The molecule has 108 valence electrons. The predicted molar refractivity (Wildman–Crippen MR) is 78.1 cm³/mol. The Morgan fingerprint density at radius 2 is 2.05 bits per heavy atom. The standard InChI is InChI=1S/C14H15FN6/c1-9-6-12-11(7-10(9)15)18-13(14-19-17-8-21(12)14)20-4-2-16-3-5-20/h6-8,16H,2-5H2,1H3. The Morgan fingerprint density at radius 1 is 1.24 bits per heavy atom. The van der Waals surface area contributed by atoms with E-state index in [2.05, 4.69) is 25.4 Å². The number of rotatable bonds is 1. The molecule has 0 amide bonds. The fourth-order valence-electron chi connectivity index (χ4n) is 2.75. The topological polar surface area (TPSA) is 58.4 Å². The Bertz CT molecular complexity index is 821. The number of anilines is 1. The van der Waals surface area contributed by atoms with Crippen LogP contribution in [0.15, 0.2) is 18.5 Å². The summed E-state index contributed by atoms with van der Waals surface area (Å²) in [6, 6.07) is 3.27. The molecule has 1 N–H and O–H groups in total. The zero-order valence-corrected chi connectivity index (χ0v) is 11.7. The molecule has 0 radical (unpaired) electrons. The number of aryl methyl sites for hydroxylation is 1. The minimum atomic E-state index is -0.242. The van der Waals surface area contributed by atoms with E-state index in [0.29, 0.717) is 11.1 Å². The minimum absolute atomic E-state index is 0.242. The van der Waals surface area contributed by atoms with E-state index in [-0.39, 0.29) is 5.82 Å². The van der Waals surface area contributed by atoms with Gasteiger partial charge in [0.15, 0.2) is 5.82 Å². The summed E-state index contributed by atoms with van der Waals surface area (Å²) in [5, 5.41) is 11.5. The molecule has 6 nitrogen and oxygen atoms in total. The maximum absolute atomic E-state index is 13.8. The molecule has 1 fully saturated rings. The average molecular weight is 286 g/mol. The summed E-state index contributed by atoms with van der Waals surface area (Å²) >= 11 is 0. The molecule has 7 heteroatoms. The first-order chi connectivity index (χ1) is 10.2. The Balaban J connectivity index is 2.00. The zero-order valence-electron chi connectivity index (χ0n) is 11.7. The number of nitrogens with zero attached hydrogens (tertiary/aromatic N) is 5. The fourth-order valence-corrected chi connectivity index (χ4v) is 2.75. The molecule has 4 rings (SSSR count). The van der Waals surface area contributed by atoms with Crippen LogP contribution in [0.5, 0.6) is 0 Å². The smallest absolute Gasteiger partial charge is 0.204 e. The molecule has 0 bridgehead atoms. The molecule has 1 aromatic carbocycles. The van der Waals surface area contributed by atoms with Crippen molar-refractivity contribution >= 4 is 22.5 Å². The van der Waals surface area contributed by atoms with Gasteiger partial charge in [0.05, 0.1) is 11.0 Å². The van der Waals surface area contributed by atoms with Crippen molar-refractivity contribution in [2.75, 3.05) is 31.1 Å². The number of hydrogen-bond donors (Lipinski definition) is 1. The van der Waals surface area contributed by atoms with E-state index in [1.54, 1.807) is 19.3 Å². The summed E-state index contributed by atoms with van der Waals surface area (Å²) in [5.41, 5.74) is 2.76. The lowest BCUT2D eigenvalue weighted by Crippen LogP contribution is -2.44. The summed E-state index contributed by atoms with van der Waals surface area (Å²) < 4.78 is 15.7. The summed E-state index contributed by atoms with van der Waals surface area (Å²) in [5.74, 6) is 0.526. The Kier molecular flexibility index (Phi) is 2.75. The van der Waals surface area contributed by atoms with Gasteiger partial charge in [-0.3, -0.25) is 4.40 Å². The first-order valence-corrected chi connectivity index (χ1v) is 6.99. The van der Waals surface area contributed by atoms with E-state index in [4.69, 9.17) is 0 Å². The Hall–Kier alpha value is -2.28. The maximum atomic E-state index is 13.8. The third-order valence-electron chi connectivity index (χ3n) is 3.91. The summed E-state index contributed by atoms with van der Waals surface area (Å²) in [6.45, 7) is 5.27. The molecule has 1 aliphatic rings. The van der Waals surface area contributed by atoms with Crippen LogP contribution < -0.4 is 10.2 Å². The number of piperazine rings is 1. The van der Waals surface area contributed by atoms with Gasteiger partial charge in [0.25, 0.3) is 0 Å². The van der Waals surface area contributed by atoms with Crippen LogP contribution in [0.1, 0.15) is 5.56 Å². The molecule has 2 aromatic heterocycles. The highest BCUT2D eigenvalue weighted by atomic mass is 19.1. The van der Waals surface area contributed by atoms with Gasteiger partial charge < -0.3 is 10.2 Å². The van der Waals surface area contributed by atoms with E-state index in [0.717, 1.165) is 43.2 Å². The molecule has 0 saturated carbocycles. The van der Waals surface area contributed by atoms with Crippen LogP contribution in [0, 0.1) is 12.7 Å². The van der Waals surface area contributed by atoms with Crippen LogP contribution >= 0.6 is 0 Å². The maximum Gasteiger partial charge on any atom is 0.204 e. The van der Waals surface area contributed by atoms with Crippen molar-refractivity contribution in [3.8, 4) is 0 Å². The highest BCUT2D eigenvalue weighted by Crippen LogP contribution is 2.25. The van der Waals surface area contributed by atoms with Crippen molar-refractivity contribution < 1.29 is 4.39 Å². The van der Waals surface area contributed by atoms with Gasteiger partial charge in [-0.1, -0.05) is 0 Å². The molecular formula is C14H15FN6. The third kappa shape index (κ3) is 1.92. The van der Waals surface area contributed by atoms with Crippen molar-refractivity contribution in [2.24, 2.45) is 0 Å². The third-order valence-corrected chi connectivity index (χ3v) is 3.91. The van der Waals surface area contributed by atoms with Gasteiger partial charge in [-0.25, -0.2) is 9.37 Å². The Labute approximate surface area is 120 Å². The van der Waals surface area contributed by atoms with Crippen molar-refractivity contribution in [3.63, 3.8) is 0 Å². The van der Waals surface area contributed by atoms with Crippen LogP contribution in [-0.2, 0) is 0 Å². The number of nitrogens with one attached hydrogen (secondary N) is 1. The van der Waals surface area contributed by atoms with Gasteiger partial charge in [0.1, 0.15) is 12.1 Å². The van der Waals surface area contributed by atoms with Crippen molar-refractivity contribution in [1.29, 1.82) is 0 Å². The molecule has 0 aliphatic carbocycles. The number of fused-ring (bicyclic) bond motifs is 3. The number of aromatic nitrogens is 4. The summed E-state index contributed by atoms with van der Waals surface area (Å²) in [7, 11) is 0. The lowest BCUT2D eigenvalue weighted by molar-refractivity contribution is 0.585. The monoisotopic (exact) mass is 286 g/mol. The fraction of sp³-hybridized carbons (Fsp3) is 0.357. The SMILES string of the molecule is Cc1cc2c(cc1F)nc(N1CCNCC1)c1nncn12. The van der Waals surface area contributed by atoms with Crippen LogP contribution in [0.25, 0.3) is 16.7 Å². The number of benzene rings is 1. The highest BCUT2D eigenvalue weighted by Gasteiger charge is 2.19. The first-order valence-electron chi connectivity index (χ1n) is 6.99. The second kappa shape index (κ2) is 4.63. The van der Waals surface area contributed by atoms with Gasteiger partial charge >= 0.3 is 0 Å². The van der Waals surface area contributed by atoms with Crippen LogP contribution in [0.4, 0.5) is 10.2 Å². The van der Waals surface area contributed by atoms with Crippen LogP contribution in [0.3, 0.4) is 0 Å². The largest absolute Gasteiger partial charge is 0.351 e. The number of hydrogen-bond acceptors (Lipinski definition) is 5. The van der Waals surface area contributed by atoms with Crippen molar-refractivity contribution in [2.45, 2.75) is 6.92 Å². The molecule has 21 heavy (non-hydrogen) atoms. The second-order valence-electron chi connectivity index (χ2n) is 5.29. The molecule has 0 spiro atoms. The summed E-state index contributed by atoms with van der Waals surface area (Å²) in [4.78, 5) is 6.80. The quantitative estimate of drug-likeness (QED) is 0.727. The first kappa shape index (κ1) is 12.5. The molecule has 1 aliphatic heterocycles. The van der Waals surface area contributed by atoms with E-state index in [1.165, 1.54) is 6.07 Å². The van der Waals surface area contributed by atoms with Crippen LogP contribution in [0.2, 0.25) is 0 Å². The van der Waals surface area contributed by atoms with Gasteiger partial charge in [-0.2, -0.15) is 0 Å². The van der Waals surface area contributed by atoms with Gasteiger partial charge in [-0.05, 0) is 18.6 Å². The molecule has 3 aromatic rings. The van der Waals surface area contributed by atoms with Crippen molar-refractivity contribution in [1.82, 2.24) is 24.9 Å². The van der Waals surface area contributed by atoms with E-state index in [1.807, 2.05) is 4.40 Å². The lowest BCUT2D eigenvalue weighted by Gasteiger charge is -2.28. The minimum Gasteiger partial charge on any atom is -0.351 e. The lowest BCUT2D eigenvalue weighted by atomic mass is 10.2. The molecule has 1 saturated heterocycles. The normalized spacial score (nSPS) is 16.0. The van der Waals surface area contributed by atoms with E-state index < -0.39 is 0 Å². The average Bonchev–Trinajstić information content (AvgIpc) is 2.99. The zero-order chi connectivity index (χ0) is 14.4. The van der Waals surface area contributed by atoms with Gasteiger partial charge in [0.2, 0.25) is 5.65 Å². The highest BCUT2D eigenvalue weighted by molar-refractivity contribution is 5.83.